The van der Waals surface area contributed by atoms with E-state index in [9.17, 15) is 14.4 Å². The molecule has 3 atom stereocenters. The third kappa shape index (κ3) is 4.39. The second-order valence-electron chi connectivity index (χ2n) is 9.83. The Kier molecular flexibility index (Phi) is 6.02. The number of carbonyl (C=O) groups excluding carboxylic acids is 2. The molecule has 0 saturated heterocycles. The first kappa shape index (κ1) is 22.4. The fourth-order valence-corrected chi connectivity index (χ4v) is 5.86. The number of hydrogen-bond donors (Lipinski definition) is 3. The summed E-state index contributed by atoms with van der Waals surface area (Å²) in [5, 5.41) is 14.7. The minimum absolute atomic E-state index is 0.0157. The molecule has 2 aromatic rings. The summed E-state index contributed by atoms with van der Waals surface area (Å²) >= 11 is 0. The highest BCUT2D eigenvalue weighted by Crippen LogP contribution is 2.63. The summed E-state index contributed by atoms with van der Waals surface area (Å²) in [6.07, 6.45) is 3.77. The van der Waals surface area contributed by atoms with Crippen LogP contribution in [0, 0.1) is 11.3 Å². The maximum atomic E-state index is 12.8. The monoisotopic (exact) mass is 462 g/mol. The van der Waals surface area contributed by atoms with Gasteiger partial charge >= 0.3 is 12.1 Å². The number of carbonyl (C=O) groups is 3. The third-order valence-electron chi connectivity index (χ3n) is 7.80. The van der Waals surface area contributed by atoms with Gasteiger partial charge in [-0.2, -0.15) is 0 Å². The van der Waals surface area contributed by atoms with Gasteiger partial charge < -0.3 is 20.5 Å². The fourth-order valence-electron chi connectivity index (χ4n) is 5.86. The van der Waals surface area contributed by atoms with E-state index in [1.54, 1.807) is 0 Å². The lowest BCUT2D eigenvalue weighted by Gasteiger charge is -2.21. The Morgan fingerprint density at radius 1 is 1.06 bits per heavy atom. The molecule has 5 rings (SSSR count). The third-order valence-corrected chi connectivity index (χ3v) is 7.80. The summed E-state index contributed by atoms with van der Waals surface area (Å²) in [5.74, 6) is -0.747. The first-order valence-corrected chi connectivity index (χ1v) is 12.1. The Morgan fingerprint density at radius 3 is 2.32 bits per heavy atom. The van der Waals surface area contributed by atoms with E-state index in [1.165, 1.54) is 12.8 Å². The second-order valence-corrected chi connectivity index (χ2v) is 9.83. The standard InChI is InChI=1S/C27H30N2O5/c30-24(31)12-11-23(25(32)28-16-27-13-5-6-17(27)14-27)29-26(33)34-15-22-20-9-3-1-7-18(20)19-8-2-4-10-21(19)22/h1-4,7-10,17,22-23H,5-6,11-16H2,(H,28,32)(H,29,33)(H,30,31). The summed E-state index contributed by atoms with van der Waals surface area (Å²) in [6.45, 7) is 0.727. The SMILES string of the molecule is O=C(O)CCC(NC(=O)OCC1c2ccccc2-c2ccccc21)C(=O)NCC12CCCC1C2. The second kappa shape index (κ2) is 9.12. The van der Waals surface area contributed by atoms with E-state index in [0.29, 0.717) is 12.5 Å². The number of carboxylic acid groups (broad SMARTS) is 1. The van der Waals surface area contributed by atoms with Crippen molar-refractivity contribution < 1.29 is 24.2 Å². The van der Waals surface area contributed by atoms with Crippen molar-refractivity contribution in [3.63, 3.8) is 0 Å². The van der Waals surface area contributed by atoms with Crippen molar-refractivity contribution in [2.75, 3.05) is 13.2 Å². The van der Waals surface area contributed by atoms with Crippen LogP contribution >= 0.6 is 0 Å². The van der Waals surface area contributed by atoms with Gasteiger partial charge in [0.05, 0.1) is 0 Å². The van der Waals surface area contributed by atoms with E-state index >= 15 is 0 Å². The Labute approximate surface area is 198 Å². The molecule has 2 saturated carbocycles. The number of ether oxygens (including phenoxy) is 1. The number of alkyl carbamates (subject to hydrolysis) is 1. The van der Waals surface area contributed by atoms with Gasteiger partial charge in [-0.15, -0.1) is 0 Å². The predicted molar refractivity (Wildman–Crippen MR) is 126 cm³/mol. The molecule has 7 heteroatoms. The highest BCUT2D eigenvalue weighted by molar-refractivity contribution is 5.86. The molecular formula is C27H30N2O5. The zero-order chi connectivity index (χ0) is 23.7. The topological polar surface area (TPSA) is 105 Å². The Bertz CT molecular complexity index is 1070. The molecule has 0 heterocycles. The molecule has 0 spiro atoms. The maximum Gasteiger partial charge on any atom is 0.407 e. The van der Waals surface area contributed by atoms with Crippen molar-refractivity contribution in [3.8, 4) is 11.1 Å². The van der Waals surface area contributed by atoms with Crippen LogP contribution in [0.3, 0.4) is 0 Å². The van der Waals surface area contributed by atoms with Crippen LogP contribution in [0.5, 0.6) is 0 Å². The van der Waals surface area contributed by atoms with Crippen molar-refractivity contribution in [2.45, 2.75) is 50.5 Å². The van der Waals surface area contributed by atoms with Gasteiger partial charge in [-0.25, -0.2) is 4.79 Å². The highest BCUT2D eigenvalue weighted by Gasteiger charge is 2.56. The predicted octanol–water partition coefficient (Wildman–Crippen LogP) is 4.06. The Hall–Kier alpha value is -3.35. The van der Waals surface area contributed by atoms with Crippen molar-refractivity contribution in [1.29, 1.82) is 0 Å². The molecule has 34 heavy (non-hydrogen) atoms. The van der Waals surface area contributed by atoms with Crippen LogP contribution in [0.15, 0.2) is 48.5 Å². The van der Waals surface area contributed by atoms with E-state index < -0.39 is 18.1 Å². The van der Waals surface area contributed by atoms with Crippen LogP contribution in [0.2, 0.25) is 0 Å². The lowest BCUT2D eigenvalue weighted by Crippen LogP contribution is -2.48. The van der Waals surface area contributed by atoms with Crippen LogP contribution in [-0.4, -0.2) is 42.3 Å². The molecule has 2 aromatic carbocycles. The van der Waals surface area contributed by atoms with Gasteiger partial charge in [0.1, 0.15) is 12.6 Å². The number of rotatable bonds is 9. The van der Waals surface area contributed by atoms with E-state index in [4.69, 9.17) is 9.84 Å². The minimum atomic E-state index is -1.01. The van der Waals surface area contributed by atoms with Gasteiger partial charge in [-0.3, -0.25) is 9.59 Å². The number of hydrogen-bond acceptors (Lipinski definition) is 4. The van der Waals surface area contributed by atoms with Gasteiger partial charge in [-0.05, 0) is 59.3 Å². The number of fused-ring (bicyclic) bond motifs is 4. The maximum absolute atomic E-state index is 12.8. The molecule has 2 amide bonds. The number of carboxylic acids is 1. The number of benzene rings is 2. The molecule has 3 aliphatic rings. The van der Waals surface area contributed by atoms with Crippen molar-refractivity contribution in [1.82, 2.24) is 10.6 Å². The lowest BCUT2D eigenvalue weighted by molar-refractivity contribution is -0.137. The fraction of sp³-hybridized carbons (Fsp3) is 0.444. The zero-order valence-corrected chi connectivity index (χ0v) is 19.1. The van der Waals surface area contributed by atoms with E-state index in [1.807, 2.05) is 36.4 Å². The molecule has 3 N–H and O–H groups in total. The van der Waals surface area contributed by atoms with Crippen LogP contribution in [0.4, 0.5) is 4.79 Å². The molecule has 2 fully saturated rings. The number of amides is 2. The van der Waals surface area contributed by atoms with E-state index in [0.717, 1.165) is 35.1 Å². The quantitative estimate of drug-likeness (QED) is 0.521. The van der Waals surface area contributed by atoms with Crippen LogP contribution in [0.1, 0.15) is 55.6 Å². The summed E-state index contributed by atoms with van der Waals surface area (Å²) in [4.78, 5) is 36.6. The molecule has 0 aliphatic heterocycles. The Morgan fingerprint density at radius 2 is 1.74 bits per heavy atom. The average molecular weight is 463 g/mol. The van der Waals surface area contributed by atoms with Crippen LogP contribution in [0.25, 0.3) is 11.1 Å². The molecule has 0 radical (unpaired) electrons. The molecule has 3 unspecified atom stereocenters. The molecule has 0 aromatic heterocycles. The molecule has 178 valence electrons. The molecule has 7 nitrogen and oxygen atoms in total. The van der Waals surface area contributed by atoms with Crippen LogP contribution < -0.4 is 10.6 Å². The zero-order valence-electron chi connectivity index (χ0n) is 19.1. The highest BCUT2D eigenvalue weighted by atomic mass is 16.5. The van der Waals surface area contributed by atoms with Crippen molar-refractivity contribution in [2.24, 2.45) is 11.3 Å². The van der Waals surface area contributed by atoms with Gasteiger partial charge in [0.15, 0.2) is 0 Å². The van der Waals surface area contributed by atoms with Gasteiger partial charge in [0, 0.05) is 18.9 Å². The smallest absolute Gasteiger partial charge is 0.407 e. The van der Waals surface area contributed by atoms with Crippen molar-refractivity contribution in [3.05, 3.63) is 59.7 Å². The summed E-state index contributed by atoms with van der Waals surface area (Å²) < 4.78 is 5.56. The number of nitrogens with one attached hydrogen (secondary N) is 2. The van der Waals surface area contributed by atoms with Gasteiger partial charge in [0.25, 0.3) is 0 Å². The average Bonchev–Trinajstić information content (AvgIpc) is 3.22. The Balaban J connectivity index is 1.20. The normalized spacial score (nSPS) is 22.8. The van der Waals surface area contributed by atoms with E-state index in [2.05, 4.69) is 22.8 Å². The van der Waals surface area contributed by atoms with Crippen molar-refractivity contribution >= 4 is 18.0 Å². The lowest BCUT2D eigenvalue weighted by atomic mass is 9.98. The summed E-state index contributed by atoms with van der Waals surface area (Å²) in [6, 6.07) is 15.2. The largest absolute Gasteiger partial charge is 0.481 e. The first-order chi connectivity index (χ1) is 16.5. The summed E-state index contributed by atoms with van der Waals surface area (Å²) in [7, 11) is 0. The molecule has 3 aliphatic carbocycles. The van der Waals surface area contributed by atoms with Crippen LogP contribution in [-0.2, 0) is 14.3 Å². The van der Waals surface area contributed by atoms with Gasteiger partial charge in [-0.1, -0.05) is 55.0 Å². The van der Waals surface area contributed by atoms with E-state index in [-0.39, 0.29) is 36.7 Å². The van der Waals surface area contributed by atoms with Gasteiger partial charge in [0.2, 0.25) is 5.91 Å². The molecule has 0 bridgehead atoms. The molecular weight excluding hydrogens is 432 g/mol. The number of aliphatic carboxylic acids is 1. The first-order valence-electron chi connectivity index (χ1n) is 12.1. The summed E-state index contributed by atoms with van der Waals surface area (Å²) in [5.41, 5.74) is 4.69. The minimum Gasteiger partial charge on any atom is -0.481 e.